The van der Waals surface area contributed by atoms with E-state index < -0.39 is 35.1 Å². The fourth-order valence-electron chi connectivity index (χ4n) is 4.47. The Hall–Kier alpha value is -1.50. The molecule has 6 heteroatoms. The first-order valence-corrected chi connectivity index (χ1v) is 8.27. The number of carbonyl (C=O) groups is 2. The zero-order chi connectivity index (χ0) is 17.5. The highest BCUT2D eigenvalue weighted by molar-refractivity contribution is 6.07. The lowest BCUT2D eigenvalue weighted by Gasteiger charge is -2.47. The molecule has 0 amide bonds. The van der Waals surface area contributed by atoms with Crippen LogP contribution in [0.1, 0.15) is 40.5 Å². The summed E-state index contributed by atoms with van der Waals surface area (Å²) in [6.07, 6.45) is 2.66. The molecule has 1 N–H and O–H groups in total. The van der Waals surface area contributed by atoms with Crippen molar-refractivity contribution in [2.24, 2.45) is 0 Å². The van der Waals surface area contributed by atoms with E-state index >= 15 is 0 Å². The van der Waals surface area contributed by atoms with Gasteiger partial charge in [-0.05, 0) is 32.9 Å². The molecule has 6 nitrogen and oxygen atoms in total. The number of hydrogen-bond donors (Lipinski definition) is 1. The number of allylic oxidation sites excluding steroid dienone is 1. The standard InChI is InChI=1S/C18H22O6/c1-9-5-12(20)11-6-13-18(15(24-18)17(11,21)7-9)8-14(22-10(2)19)16(3,4)23-13/h5-6,13-15,21H,7-8H2,1-4H3/t13-,14+,15-,17-,18+/m0/s1. The number of fused-ring (bicyclic) bond motifs is 2. The van der Waals surface area contributed by atoms with Gasteiger partial charge in [0.1, 0.15) is 35.1 Å². The molecule has 2 aliphatic heterocycles. The monoisotopic (exact) mass is 334 g/mol. The molecule has 130 valence electrons. The second-order valence-electron chi connectivity index (χ2n) is 7.93. The Kier molecular flexibility index (Phi) is 3.04. The van der Waals surface area contributed by atoms with Gasteiger partial charge in [-0.15, -0.1) is 0 Å². The predicted molar refractivity (Wildman–Crippen MR) is 83.1 cm³/mol. The van der Waals surface area contributed by atoms with E-state index in [0.29, 0.717) is 18.4 Å². The van der Waals surface area contributed by atoms with E-state index in [-0.39, 0.29) is 11.8 Å². The molecule has 0 radical (unpaired) electrons. The molecule has 2 saturated heterocycles. The van der Waals surface area contributed by atoms with E-state index in [4.69, 9.17) is 14.2 Å². The molecule has 0 bridgehead atoms. The highest BCUT2D eigenvalue weighted by Crippen LogP contribution is 2.61. The average molecular weight is 334 g/mol. The summed E-state index contributed by atoms with van der Waals surface area (Å²) in [4.78, 5) is 23.8. The molecule has 0 saturated carbocycles. The summed E-state index contributed by atoms with van der Waals surface area (Å²) in [6.45, 7) is 6.91. The molecular formula is C18H22O6. The van der Waals surface area contributed by atoms with Gasteiger partial charge in [-0.3, -0.25) is 9.59 Å². The third-order valence-electron chi connectivity index (χ3n) is 5.63. The molecule has 0 unspecified atom stereocenters. The van der Waals surface area contributed by atoms with Crippen molar-refractivity contribution in [2.75, 3.05) is 0 Å². The summed E-state index contributed by atoms with van der Waals surface area (Å²) in [5.74, 6) is -0.560. The molecule has 0 aromatic carbocycles. The molecule has 4 aliphatic rings. The van der Waals surface area contributed by atoms with E-state index in [0.717, 1.165) is 5.57 Å². The zero-order valence-electron chi connectivity index (χ0n) is 14.3. The van der Waals surface area contributed by atoms with Crippen LogP contribution >= 0.6 is 0 Å². The van der Waals surface area contributed by atoms with E-state index in [1.807, 2.05) is 20.8 Å². The van der Waals surface area contributed by atoms with Crippen molar-refractivity contribution in [3.63, 3.8) is 0 Å². The van der Waals surface area contributed by atoms with Crippen LogP contribution in [-0.4, -0.2) is 52.0 Å². The number of hydrogen-bond acceptors (Lipinski definition) is 6. The number of esters is 1. The Labute approximate surface area is 140 Å². The van der Waals surface area contributed by atoms with Gasteiger partial charge in [0.2, 0.25) is 0 Å². The molecule has 0 aromatic rings. The molecule has 2 heterocycles. The van der Waals surface area contributed by atoms with E-state index in [1.54, 1.807) is 12.2 Å². The summed E-state index contributed by atoms with van der Waals surface area (Å²) in [7, 11) is 0. The summed E-state index contributed by atoms with van der Waals surface area (Å²) in [6, 6.07) is 0. The SMILES string of the molecule is CC(=O)O[C@@H]1C[C@]23O[C@H]2[C@]2(O)CC(C)=CC(=O)C2=C[C@@H]3OC1(C)C. The van der Waals surface area contributed by atoms with Crippen LogP contribution in [0.2, 0.25) is 0 Å². The first kappa shape index (κ1) is 16.0. The maximum absolute atomic E-state index is 12.4. The molecule has 5 atom stereocenters. The van der Waals surface area contributed by atoms with Gasteiger partial charge in [-0.1, -0.05) is 5.57 Å². The number of carbonyl (C=O) groups excluding carboxylic acids is 2. The zero-order valence-corrected chi connectivity index (χ0v) is 14.3. The Morgan fingerprint density at radius 2 is 2.08 bits per heavy atom. The molecule has 4 rings (SSSR count). The molecule has 24 heavy (non-hydrogen) atoms. The second-order valence-corrected chi connectivity index (χ2v) is 7.93. The van der Waals surface area contributed by atoms with Gasteiger partial charge < -0.3 is 19.3 Å². The van der Waals surface area contributed by atoms with Crippen LogP contribution in [0.3, 0.4) is 0 Å². The Morgan fingerprint density at radius 3 is 2.75 bits per heavy atom. The van der Waals surface area contributed by atoms with E-state index in [2.05, 4.69) is 0 Å². The minimum Gasteiger partial charge on any atom is -0.459 e. The fraction of sp³-hybridized carbons (Fsp3) is 0.667. The van der Waals surface area contributed by atoms with Gasteiger partial charge in [0, 0.05) is 25.3 Å². The third kappa shape index (κ3) is 2.00. The van der Waals surface area contributed by atoms with Crippen molar-refractivity contribution < 1.29 is 28.9 Å². The van der Waals surface area contributed by atoms with Crippen LogP contribution in [-0.2, 0) is 23.8 Å². The predicted octanol–water partition coefficient (Wildman–Crippen LogP) is 1.21. The van der Waals surface area contributed by atoms with Crippen LogP contribution < -0.4 is 0 Å². The van der Waals surface area contributed by atoms with Crippen LogP contribution in [0, 0.1) is 0 Å². The molecule has 0 aromatic heterocycles. The largest absolute Gasteiger partial charge is 0.459 e. The van der Waals surface area contributed by atoms with E-state index in [9.17, 15) is 14.7 Å². The minimum atomic E-state index is -1.32. The lowest BCUT2D eigenvalue weighted by atomic mass is 9.66. The lowest BCUT2D eigenvalue weighted by Crippen LogP contribution is -2.61. The Balaban J connectivity index is 1.73. The van der Waals surface area contributed by atoms with Crippen molar-refractivity contribution in [1.29, 1.82) is 0 Å². The highest BCUT2D eigenvalue weighted by Gasteiger charge is 2.76. The molecule has 2 fully saturated rings. The van der Waals surface area contributed by atoms with Crippen LogP contribution in [0.4, 0.5) is 0 Å². The van der Waals surface area contributed by atoms with Gasteiger partial charge in [0.25, 0.3) is 0 Å². The number of ketones is 1. The number of rotatable bonds is 1. The Morgan fingerprint density at radius 1 is 1.38 bits per heavy atom. The van der Waals surface area contributed by atoms with Crippen LogP contribution in [0.25, 0.3) is 0 Å². The fourth-order valence-corrected chi connectivity index (χ4v) is 4.47. The van der Waals surface area contributed by atoms with Crippen molar-refractivity contribution >= 4 is 11.8 Å². The number of ether oxygens (including phenoxy) is 3. The quantitative estimate of drug-likeness (QED) is 0.573. The molecule has 2 aliphatic carbocycles. The lowest BCUT2D eigenvalue weighted by molar-refractivity contribution is -0.205. The van der Waals surface area contributed by atoms with Gasteiger partial charge >= 0.3 is 5.97 Å². The summed E-state index contributed by atoms with van der Waals surface area (Å²) in [5, 5.41) is 11.2. The smallest absolute Gasteiger partial charge is 0.303 e. The van der Waals surface area contributed by atoms with Crippen LogP contribution in [0.5, 0.6) is 0 Å². The highest BCUT2D eigenvalue weighted by atomic mass is 16.7. The maximum atomic E-state index is 12.4. The third-order valence-corrected chi connectivity index (χ3v) is 5.63. The Bertz CT molecular complexity index is 704. The van der Waals surface area contributed by atoms with Crippen molar-refractivity contribution in [3.8, 4) is 0 Å². The summed E-state index contributed by atoms with van der Waals surface area (Å²) in [5.41, 5.74) is -1.56. The molecule has 1 spiro atoms. The first-order chi connectivity index (χ1) is 11.1. The summed E-state index contributed by atoms with van der Waals surface area (Å²) < 4.78 is 17.5. The van der Waals surface area contributed by atoms with Crippen molar-refractivity contribution in [1.82, 2.24) is 0 Å². The minimum absolute atomic E-state index is 0.186. The maximum Gasteiger partial charge on any atom is 0.303 e. The van der Waals surface area contributed by atoms with Gasteiger partial charge in [-0.2, -0.15) is 0 Å². The summed E-state index contributed by atoms with van der Waals surface area (Å²) >= 11 is 0. The second kappa shape index (κ2) is 4.56. The normalized spacial score (nSPS) is 45.2. The van der Waals surface area contributed by atoms with E-state index in [1.165, 1.54) is 6.92 Å². The first-order valence-electron chi connectivity index (χ1n) is 8.27. The topological polar surface area (TPSA) is 85.4 Å². The van der Waals surface area contributed by atoms with Gasteiger partial charge in [0.15, 0.2) is 5.78 Å². The van der Waals surface area contributed by atoms with Crippen molar-refractivity contribution in [2.45, 2.75) is 75.7 Å². The average Bonchev–Trinajstić information content (AvgIpc) is 3.15. The van der Waals surface area contributed by atoms with Gasteiger partial charge in [-0.25, -0.2) is 0 Å². The van der Waals surface area contributed by atoms with Gasteiger partial charge in [0.05, 0.1) is 0 Å². The number of epoxide rings is 1. The van der Waals surface area contributed by atoms with Crippen molar-refractivity contribution in [3.05, 3.63) is 23.3 Å². The van der Waals surface area contributed by atoms with Crippen LogP contribution in [0.15, 0.2) is 23.3 Å². The number of aliphatic hydroxyl groups is 1. The molecular weight excluding hydrogens is 312 g/mol.